The van der Waals surface area contributed by atoms with Gasteiger partial charge in [-0.2, -0.15) is 4.98 Å². The number of aromatic nitrogens is 4. The molecule has 0 bridgehead atoms. The highest BCUT2D eigenvalue weighted by atomic mass is 16.5. The highest BCUT2D eigenvalue weighted by molar-refractivity contribution is 5.47. The first-order chi connectivity index (χ1) is 9.31. The molecule has 0 atom stereocenters. The van der Waals surface area contributed by atoms with E-state index in [1.165, 1.54) is 6.33 Å². The van der Waals surface area contributed by atoms with Crippen LogP contribution in [-0.4, -0.2) is 33.7 Å². The third-order valence-electron chi connectivity index (χ3n) is 2.55. The number of anilines is 2. The predicted molar refractivity (Wildman–Crippen MR) is 72.1 cm³/mol. The molecule has 7 nitrogen and oxygen atoms in total. The fraction of sp³-hybridized carbons (Fsp3) is 0.500. The number of hydrogen-bond donors (Lipinski definition) is 2. The molecule has 102 valence electrons. The molecule has 0 amide bonds. The summed E-state index contributed by atoms with van der Waals surface area (Å²) in [7, 11) is 1.85. The highest BCUT2D eigenvalue weighted by Crippen LogP contribution is 2.12. The summed E-state index contributed by atoms with van der Waals surface area (Å²) >= 11 is 0. The zero-order valence-corrected chi connectivity index (χ0v) is 11.2. The van der Waals surface area contributed by atoms with Crippen molar-refractivity contribution in [2.24, 2.45) is 0 Å². The number of aryl methyl sites for hydroxylation is 1. The van der Waals surface area contributed by atoms with E-state index in [0.29, 0.717) is 18.9 Å². The largest absolute Gasteiger partial charge is 0.373 e. The molecule has 0 aliphatic heterocycles. The lowest BCUT2D eigenvalue weighted by atomic mass is 10.3. The van der Waals surface area contributed by atoms with E-state index in [-0.39, 0.29) is 0 Å². The van der Waals surface area contributed by atoms with E-state index in [0.717, 1.165) is 30.3 Å². The molecule has 0 aromatic carbocycles. The molecule has 0 aliphatic rings. The van der Waals surface area contributed by atoms with Gasteiger partial charge in [0.05, 0.1) is 0 Å². The molecule has 0 aliphatic carbocycles. The van der Waals surface area contributed by atoms with E-state index >= 15 is 0 Å². The second kappa shape index (κ2) is 6.67. The van der Waals surface area contributed by atoms with Crippen molar-refractivity contribution in [1.82, 2.24) is 20.1 Å². The Morgan fingerprint density at radius 2 is 2.05 bits per heavy atom. The lowest BCUT2D eigenvalue weighted by molar-refractivity contribution is 0.379. The molecular weight excluding hydrogens is 244 g/mol. The van der Waals surface area contributed by atoms with Gasteiger partial charge in [-0.1, -0.05) is 12.1 Å². The van der Waals surface area contributed by atoms with Crippen LogP contribution >= 0.6 is 0 Å². The van der Waals surface area contributed by atoms with Crippen molar-refractivity contribution < 1.29 is 4.52 Å². The maximum Gasteiger partial charge on any atom is 0.228 e. The van der Waals surface area contributed by atoms with Gasteiger partial charge in [0.2, 0.25) is 5.89 Å². The minimum Gasteiger partial charge on any atom is -0.373 e. The quantitative estimate of drug-likeness (QED) is 0.781. The average Bonchev–Trinajstić information content (AvgIpc) is 2.92. The van der Waals surface area contributed by atoms with Crippen LogP contribution in [0.4, 0.5) is 11.6 Å². The molecule has 0 fully saturated rings. The van der Waals surface area contributed by atoms with E-state index in [2.05, 4.69) is 37.7 Å². The predicted octanol–water partition coefficient (Wildman–Crippen LogP) is 1.51. The van der Waals surface area contributed by atoms with Gasteiger partial charge in [0.15, 0.2) is 6.33 Å². The second-order valence-corrected chi connectivity index (χ2v) is 4.07. The van der Waals surface area contributed by atoms with Crippen LogP contribution in [0.2, 0.25) is 0 Å². The van der Waals surface area contributed by atoms with E-state index in [1.54, 1.807) is 0 Å². The normalized spacial score (nSPS) is 10.4. The minimum atomic E-state index is 0.615. The third kappa shape index (κ3) is 3.90. The molecule has 0 saturated heterocycles. The van der Waals surface area contributed by atoms with Crippen LogP contribution in [0, 0.1) is 0 Å². The van der Waals surface area contributed by atoms with Crippen LogP contribution in [-0.2, 0) is 12.8 Å². The monoisotopic (exact) mass is 262 g/mol. The Hall–Kier alpha value is -2.18. The molecule has 0 radical (unpaired) electrons. The van der Waals surface area contributed by atoms with Crippen molar-refractivity contribution in [2.75, 3.05) is 24.2 Å². The SMILES string of the molecule is CCCc1nc(NC)cc(NCCc2ncno2)n1. The number of nitrogens with zero attached hydrogens (tertiary/aromatic N) is 4. The first-order valence-corrected chi connectivity index (χ1v) is 6.37. The Bertz CT molecular complexity index is 499. The van der Waals surface area contributed by atoms with Gasteiger partial charge >= 0.3 is 0 Å². The second-order valence-electron chi connectivity index (χ2n) is 4.07. The molecule has 0 unspecified atom stereocenters. The lowest BCUT2D eigenvalue weighted by Gasteiger charge is -2.08. The van der Waals surface area contributed by atoms with Crippen molar-refractivity contribution >= 4 is 11.6 Å². The Labute approximate surface area is 111 Å². The Morgan fingerprint density at radius 3 is 2.74 bits per heavy atom. The summed E-state index contributed by atoms with van der Waals surface area (Å²) in [4.78, 5) is 12.8. The van der Waals surface area contributed by atoms with Crippen LogP contribution < -0.4 is 10.6 Å². The summed E-state index contributed by atoms with van der Waals surface area (Å²) < 4.78 is 4.93. The summed E-state index contributed by atoms with van der Waals surface area (Å²) in [6.07, 6.45) is 3.96. The smallest absolute Gasteiger partial charge is 0.228 e. The maximum absolute atomic E-state index is 4.93. The van der Waals surface area contributed by atoms with Crippen molar-refractivity contribution in [3.63, 3.8) is 0 Å². The van der Waals surface area contributed by atoms with Crippen LogP contribution in [0.5, 0.6) is 0 Å². The topological polar surface area (TPSA) is 88.8 Å². The Balaban J connectivity index is 1.96. The fourth-order valence-electron chi connectivity index (χ4n) is 1.65. The zero-order valence-electron chi connectivity index (χ0n) is 11.2. The van der Waals surface area contributed by atoms with Crippen molar-refractivity contribution in [3.8, 4) is 0 Å². The standard InChI is InChI=1S/C12H18N6O/c1-3-4-9-17-10(13-2)7-11(18-9)14-6-5-12-15-8-16-19-12/h7-8H,3-6H2,1-2H3,(H2,13,14,17,18). The van der Waals surface area contributed by atoms with Crippen molar-refractivity contribution in [2.45, 2.75) is 26.2 Å². The van der Waals surface area contributed by atoms with Crippen LogP contribution in [0.15, 0.2) is 16.9 Å². The summed E-state index contributed by atoms with van der Waals surface area (Å²) in [6, 6.07) is 1.88. The van der Waals surface area contributed by atoms with Crippen molar-refractivity contribution in [3.05, 3.63) is 24.1 Å². The van der Waals surface area contributed by atoms with Gasteiger partial charge < -0.3 is 15.2 Å². The highest BCUT2D eigenvalue weighted by Gasteiger charge is 2.04. The third-order valence-corrected chi connectivity index (χ3v) is 2.55. The van der Waals surface area contributed by atoms with Crippen LogP contribution in [0.3, 0.4) is 0 Å². The van der Waals surface area contributed by atoms with E-state index in [1.807, 2.05) is 13.1 Å². The van der Waals surface area contributed by atoms with Gasteiger partial charge in [-0.15, -0.1) is 0 Å². The molecular formula is C12H18N6O. The Morgan fingerprint density at radius 1 is 1.21 bits per heavy atom. The van der Waals surface area contributed by atoms with Crippen LogP contribution in [0.25, 0.3) is 0 Å². The van der Waals surface area contributed by atoms with Gasteiger partial charge in [-0.05, 0) is 6.42 Å². The zero-order chi connectivity index (χ0) is 13.5. The first kappa shape index (κ1) is 13.3. The summed E-state index contributed by atoms with van der Waals surface area (Å²) in [5.74, 6) is 3.08. The van der Waals surface area contributed by atoms with Gasteiger partial charge in [0, 0.05) is 32.5 Å². The molecule has 2 aromatic heterocycles. The lowest BCUT2D eigenvalue weighted by Crippen LogP contribution is -2.09. The summed E-state index contributed by atoms with van der Waals surface area (Å²) in [6.45, 7) is 2.80. The van der Waals surface area contributed by atoms with Gasteiger partial charge in [-0.25, -0.2) is 9.97 Å². The molecule has 2 heterocycles. The fourth-order valence-corrected chi connectivity index (χ4v) is 1.65. The first-order valence-electron chi connectivity index (χ1n) is 6.37. The van der Waals surface area contributed by atoms with Gasteiger partial charge in [0.25, 0.3) is 0 Å². The van der Waals surface area contributed by atoms with Gasteiger partial charge in [-0.3, -0.25) is 0 Å². The average molecular weight is 262 g/mol. The van der Waals surface area contributed by atoms with E-state index < -0.39 is 0 Å². The molecule has 0 spiro atoms. The summed E-state index contributed by atoms with van der Waals surface area (Å²) in [5.41, 5.74) is 0. The van der Waals surface area contributed by atoms with Crippen molar-refractivity contribution in [1.29, 1.82) is 0 Å². The molecule has 19 heavy (non-hydrogen) atoms. The van der Waals surface area contributed by atoms with E-state index in [4.69, 9.17) is 4.52 Å². The number of nitrogens with one attached hydrogen (secondary N) is 2. The van der Waals surface area contributed by atoms with E-state index in [9.17, 15) is 0 Å². The molecule has 2 aromatic rings. The maximum atomic E-state index is 4.93. The van der Waals surface area contributed by atoms with Gasteiger partial charge in [0.1, 0.15) is 17.5 Å². The molecule has 0 saturated carbocycles. The summed E-state index contributed by atoms with van der Waals surface area (Å²) in [5, 5.41) is 9.84. The molecule has 2 N–H and O–H groups in total. The number of rotatable bonds is 7. The minimum absolute atomic E-state index is 0.615. The number of hydrogen-bond acceptors (Lipinski definition) is 7. The molecule has 7 heteroatoms. The molecule has 2 rings (SSSR count). The Kier molecular flexibility index (Phi) is 4.66. The van der Waals surface area contributed by atoms with Crippen LogP contribution in [0.1, 0.15) is 25.1 Å².